The third-order valence-corrected chi connectivity index (χ3v) is 2.47. The molecule has 1 aromatic rings. The first kappa shape index (κ1) is 17.8. The Morgan fingerprint density at radius 2 is 1.95 bits per heavy atom. The van der Waals surface area contributed by atoms with Gasteiger partial charge in [-0.1, -0.05) is 24.1 Å². The van der Waals surface area contributed by atoms with Gasteiger partial charge in [-0.05, 0) is 31.9 Å². The molecule has 0 saturated heterocycles. The van der Waals surface area contributed by atoms with Gasteiger partial charge in [0.2, 0.25) is 0 Å². The van der Waals surface area contributed by atoms with Crippen LogP contribution in [0, 0.1) is 25.7 Å². The van der Waals surface area contributed by atoms with E-state index < -0.39 is 6.03 Å². The number of guanidine groups is 1. The first-order chi connectivity index (χ1) is 9.04. The Hall–Kier alpha value is -2.19. The lowest BCUT2D eigenvalue weighted by molar-refractivity contribution is 0.256. The van der Waals surface area contributed by atoms with Crippen LogP contribution in [0.1, 0.15) is 18.1 Å². The van der Waals surface area contributed by atoms with E-state index in [0.29, 0.717) is 0 Å². The molecule has 0 saturated carbocycles. The second kappa shape index (κ2) is 8.83. The van der Waals surface area contributed by atoms with Gasteiger partial charge in [0, 0.05) is 5.69 Å². The number of nitrogens with one attached hydrogen (secondary N) is 2. The molecule has 0 bridgehead atoms. The van der Waals surface area contributed by atoms with E-state index >= 15 is 0 Å². The minimum Gasteiger partial charge on any atom is -0.370 e. The van der Waals surface area contributed by atoms with Crippen LogP contribution < -0.4 is 16.4 Å². The fourth-order valence-electron chi connectivity index (χ4n) is 1.52. The summed E-state index contributed by atoms with van der Waals surface area (Å²) in [6.45, 7) is 5.84. The first-order valence-electron chi connectivity index (χ1n) is 5.88. The second-order valence-corrected chi connectivity index (χ2v) is 3.97. The first-order valence-corrected chi connectivity index (χ1v) is 5.88. The van der Waals surface area contributed by atoms with Gasteiger partial charge < -0.3 is 11.1 Å². The van der Waals surface area contributed by atoms with Gasteiger partial charge in [0.1, 0.15) is 6.54 Å². The zero-order chi connectivity index (χ0) is 14.3. The van der Waals surface area contributed by atoms with Gasteiger partial charge in [0.05, 0.1) is 0 Å². The Kier molecular flexibility index (Phi) is 7.87. The number of aryl methyl sites for hydroxylation is 2. The average molecular weight is 295 g/mol. The highest BCUT2D eigenvalue weighted by atomic mass is 35.5. The third kappa shape index (κ3) is 5.63. The lowest BCUT2D eigenvalue weighted by Gasteiger charge is -2.11. The minimum atomic E-state index is -0.414. The van der Waals surface area contributed by atoms with Crippen molar-refractivity contribution in [2.45, 2.75) is 20.8 Å². The van der Waals surface area contributed by atoms with E-state index in [1.807, 2.05) is 32.0 Å². The molecule has 1 aromatic carbocycles. The molecule has 0 aromatic heterocycles. The summed E-state index contributed by atoms with van der Waals surface area (Å²) in [6, 6.07) is 5.38. The standard InChI is InChI=1S/C14H18N4O.ClH/c1-4-5-9-16-13(15)18-14(19)17-12-10(2)7-6-8-11(12)3;/h6-8H,9H2,1-3H3,(H4,15,16,17,18,19);1H. The van der Waals surface area contributed by atoms with Crippen molar-refractivity contribution in [2.24, 2.45) is 10.7 Å². The molecule has 0 aliphatic heterocycles. The molecular formula is C14H19ClN4O. The van der Waals surface area contributed by atoms with E-state index in [0.717, 1.165) is 16.8 Å². The van der Waals surface area contributed by atoms with Gasteiger partial charge in [-0.3, -0.25) is 5.32 Å². The highest BCUT2D eigenvalue weighted by molar-refractivity contribution is 6.02. The van der Waals surface area contributed by atoms with Gasteiger partial charge in [-0.2, -0.15) is 0 Å². The highest BCUT2D eigenvalue weighted by Crippen LogP contribution is 2.18. The molecule has 5 nitrogen and oxygen atoms in total. The Labute approximate surface area is 125 Å². The fraction of sp³-hybridized carbons (Fsp3) is 0.286. The summed E-state index contributed by atoms with van der Waals surface area (Å²) >= 11 is 0. The summed E-state index contributed by atoms with van der Waals surface area (Å²) in [5.74, 6) is 5.47. The number of benzene rings is 1. The molecule has 1 rings (SSSR count). The molecule has 0 aliphatic rings. The van der Waals surface area contributed by atoms with Crippen LogP contribution >= 0.6 is 12.4 Å². The summed E-state index contributed by atoms with van der Waals surface area (Å²) in [6.07, 6.45) is 0. The maximum Gasteiger partial charge on any atom is 0.326 e. The van der Waals surface area contributed by atoms with Gasteiger partial charge in [0.25, 0.3) is 0 Å². The van der Waals surface area contributed by atoms with Crippen molar-refractivity contribution < 1.29 is 4.79 Å². The molecule has 0 unspecified atom stereocenters. The monoisotopic (exact) mass is 294 g/mol. The molecule has 108 valence electrons. The number of nitrogens with zero attached hydrogens (tertiary/aromatic N) is 1. The van der Waals surface area contributed by atoms with E-state index in [4.69, 9.17) is 5.73 Å². The molecule has 20 heavy (non-hydrogen) atoms. The molecule has 0 radical (unpaired) electrons. The fourth-order valence-corrected chi connectivity index (χ4v) is 1.52. The number of anilines is 1. The van der Waals surface area contributed by atoms with Crippen molar-refractivity contribution in [1.82, 2.24) is 5.32 Å². The molecule has 0 fully saturated rings. The summed E-state index contributed by atoms with van der Waals surface area (Å²) in [5.41, 5.74) is 8.31. The van der Waals surface area contributed by atoms with Crippen LogP contribution in [0.25, 0.3) is 0 Å². The Morgan fingerprint density at radius 3 is 2.50 bits per heavy atom. The number of rotatable bonds is 2. The number of urea groups is 1. The van der Waals surface area contributed by atoms with Crippen molar-refractivity contribution >= 4 is 30.1 Å². The SMILES string of the molecule is CC#CCN=C(N)NC(=O)Nc1c(C)cccc1C.Cl. The summed E-state index contributed by atoms with van der Waals surface area (Å²) < 4.78 is 0. The van der Waals surface area contributed by atoms with E-state index in [-0.39, 0.29) is 24.9 Å². The lowest BCUT2D eigenvalue weighted by Crippen LogP contribution is -2.39. The number of hydrogen-bond acceptors (Lipinski definition) is 2. The Morgan fingerprint density at radius 1 is 1.35 bits per heavy atom. The Balaban J connectivity index is 0.00000361. The molecule has 0 atom stereocenters. The smallest absolute Gasteiger partial charge is 0.326 e. The van der Waals surface area contributed by atoms with Crippen LogP contribution in [0.2, 0.25) is 0 Å². The van der Waals surface area contributed by atoms with Crippen molar-refractivity contribution in [3.8, 4) is 11.8 Å². The topological polar surface area (TPSA) is 79.5 Å². The molecule has 0 heterocycles. The summed E-state index contributed by atoms with van der Waals surface area (Å²) in [5, 5.41) is 5.20. The van der Waals surface area contributed by atoms with Crippen molar-refractivity contribution in [2.75, 3.05) is 11.9 Å². The van der Waals surface area contributed by atoms with Crippen LogP contribution in [0.5, 0.6) is 0 Å². The largest absolute Gasteiger partial charge is 0.370 e. The number of halogens is 1. The zero-order valence-electron chi connectivity index (χ0n) is 11.8. The number of para-hydroxylation sites is 1. The number of aliphatic imine (C=N–C) groups is 1. The van der Waals surface area contributed by atoms with Crippen LogP contribution in [0.3, 0.4) is 0 Å². The molecule has 0 spiro atoms. The number of amides is 2. The number of nitrogens with two attached hydrogens (primary N) is 1. The van der Waals surface area contributed by atoms with Crippen molar-refractivity contribution in [3.05, 3.63) is 29.3 Å². The normalized spacial score (nSPS) is 9.85. The third-order valence-electron chi connectivity index (χ3n) is 2.47. The molecule has 4 N–H and O–H groups in total. The van der Waals surface area contributed by atoms with Crippen LogP contribution in [0.15, 0.2) is 23.2 Å². The number of hydrogen-bond donors (Lipinski definition) is 3. The summed E-state index contributed by atoms with van der Waals surface area (Å²) in [4.78, 5) is 15.6. The predicted octanol–water partition coefficient (Wildman–Crippen LogP) is 2.18. The van der Waals surface area contributed by atoms with E-state index in [1.165, 1.54) is 0 Å². The molecule has 0 aliphatic carbocycles. The maximum absolute atomic E-state index is 11.7. The van der Waals surface area contributed by atoms with Gasteiger partial charge in [-0.25, -0.2) is 9.79 Å². The Bertz CT molecular complexity index is 538. The van der Waals surface area contributed by atoms with Gasteiger partial charge in [-0.15, -0.1) is 18.3 Å². The van der Waals surface area contributed by atoms with E-state index in [1.54, 1.807) is 6.92 Å². The van der Waals surface area contributed by atoms with Crippen molar-refractivity contribution in [1.29, 1.82) is 0 Å². The van der Waals surface area contributed by atoms with Crippen LogP contribution in [-0.2, 0) is 0 Å². The van der Waals surface area contributed by atoms with E-state index in [2.05, 4.69) is 27.5 Å². The van der Waals surface area contributed by atoms with Gasteiger partial charge in [0.15, 0.2) is 5.96 Å². The second-order valence-electron chi connectivity index (χ2n) is 3.97. The minimum absolute atomic E-state index is 0. The van der Waals surface area contributed by atoms with Gasteiger partial charge >= 0.3 is 6.03 Å². The van der Waals surface area contributed by atoms with E-state index in [9.17, 15) is 4.79 Å². The molecule has 2 amide bonds. The molecular weight excluding hydrogens is 276 g/mol. The summed E-state index contributed by atoms with van der Waals surface area (Å²) in [7, 11) is 0. The maximum atomic E-state index is 11.7. The van der Waals surface area contributed by atoms with Crippen LogP contribution in [0.4, 0.5) is 10.5 Å². The number of carbonyl (C=O) groups is 1. The van der Waals surface area contributed by atoms with Crippen molar-refractivity contribution in [3.63, 3.8) is 0 Å². The average Bonchev–Trinajstić information content (AvgIpc) is 2.34. The quantitative estimate of drug-likeness (QED) is 0.444. The zero-order valence-corrected chi connectivity index (χ0v) is 12.6. The molecule has 6 heteroatoms. The van der Waals surface area contributed by atoms with Crippen LogP contribution in [-0.4, -0.2) is 18.5 Å². The highest BCUT2D eigenvalue weighted by Gasteiger charge is 2.07. The lowest BCUT2D eigenvalue weighted by atomic mass is 10.1. The predicted molar refractivity (Wildman–Crippen MR) is 85.3 cm³/mol. The number of carbonyl (C=O) groups excluding carboxylic acids is 1.